The summed E-state index contributed by atoms with van der Waals surface area (Å²) < 4.78 is 12.6. The lowest BCUT2D eigenvalue weighted by molar-refractivity contribution is 0.0314. The fourth-order valence-electron chi connectivity index (χ4n) is 2.72. The minimum Gasteiger partial charge on any atom is -0.459 e. The highest BCUT2D eigenvalue weighted by molar-refractivity contribution is 9.10. The molecule has 108 valence electrons. The molecule has 4 heteroatoms. The number of hydrogen-bond acceptors (Lipinski definition) is 3. The monoisotopic (exact) mass is 337 g/mol. The van der Waals surface area contributed by atoms with Crippen LogP contribution < -0.4 is 0 Å². The Morgan fingerprint density at radius 2 is 2.00 bits per heavy atom. The molecule has 1 aliphatic rings. The first-order chi connectivity index (χ1) is 9.69. The molecule has 1 saturated heterocycles. The molecular weight excluding hydrogens is 318 g/mol. The number of rotatable bonds is 3. The summed E-state index contributed by atoms with van der Waals surface area (Å²) in [6, 6.07) is 4.35. The predicted octanol–water partition coefficient (Wildman–Crippen LogP) is 3.90. The van der Waals surface area contributed by atoms with Crippen molar-refractivity contribution in [3.05, 3.63) is 33.5 Å². The maximum atomic E-state index is 6.07. The summed E-state index contributed by atoms with van der Waals surface area (Å²) >= 11 is 3.62. The van der Waals surface area contributed by atoms with Crippen LogP contribution in [-0.4, -0.2) is 31.2 Å². The second kappa shape index (κ2) is 5.88. The number of ether oxygens (including phenoxy) is 1. The van der Waals surface area contributed by atoms with Gasteiger partial charge in [-0.3, -0.25) is 4.90 Å². The van der Waals surface area contributed by atoms with E-state index in [0.29, 0.717) is 0 Å². The summed E-state index contributed by atoms with van der Waals surface area (Å²) in [7, 11) is 0. The van der Waals surface area contributed by atoms with Crippen molar-refractivity contribution in [2.24, 2.45) is 0 Å². The number of morpholine rings is 1. The number of hydrogen-bond donors (Lipinski definition) is 0. The quantitative estimate of drug-likeness (QED) is 0.849. The van der Waals surface area contributed by atoms with Crippen LogP contribution in [0.1, 0.15) is 23.8 Å². The molecule has 20 heavy (non-hydrogen) atoms. The second-order valence-corrected chi connectivity index (χ2v) is 6.19. The van der Waals surface area contributed by atoms with Crippen molar-refractivity contribution in [1.29, 1.82) is 0 Å². The van der Waals surface area contributed by atoms with Gasteiger partial charge in [-0.05, 0) is 36.6 Å². The number of furan rings is 1. The van der Waals surface area contributed by atoms with Crippen molar-refractivity contribution in [2.45, 2.75) is 26.8 Å². The molecule has 0 bridgehead atoms. The minimum absolute atomic E-state index is 0.824. The van der Waals surface area contributed by atoms with Crippen molar-refractivity contribution in [3.63, 3.8) is 0 Å². The minimum atomic E-state index is 0.824. The topological polar surface area (TPSA) is 25.6 Å². The molecule has 1 fully saturated rings. The third kappa shape index (κ3) is 2.65. The van der Waals surface area contributed by atoms with Crippen LogP contribution in [0.15, 0.2) is 21.0 Å². The van der Waals surface area contributed by atoms with Gasteiger partial charge in [-0.2, -0.15) is 0 Å². The zero-order valence-electron chi connectivity index (χ0n) is 12.0. The summed E-state index contributed by atoms with van der Waals surface area (Å²) in [5.41, 5.74) is 3.59. The molecule has 0 N–H and O–H groups in total. The highest BCUT2D eigenvalue weighted by Crippen LogP contribution is 2.31. The maximum absolute atomic E-state index is 6.07. The van der Waals surface area contributed by atoms with Gasteiger partial charge in [0, 0.05) is 22.9 Å². The molecule has 2 heterocycles. The van der Waals surface area contributed by atoms with Crippen LogP contribution in [0.2, 0.25) is 0 Å². The van der Waals surface area contributed by atoms with Crippen molar-refractivity contribution < 1.29 is 9.15 Å². The first kappa shape index (κ1) is 14.1. The first-order valence-electron chi connectivity index (χ1n) is 7.19. The highest BCUT2D eigenvalue weighted by atomic mass is 79.9. The van der Waals surface area contributed by atoms with Crippen molar-refractivity contribution in [2.75, 3.05) is 26.3 Å². The molecule has 0 spiro atoms. The Morgan fingerprint density at radius 1 is 1.25 bits per heavy atom. The van der Waals surface area contributed by atoms with Gasteiger partial charge >= 0.3 is 0 Å². The molecule has 1 aliphatic heterocycles. The largest absolute Gasteiger partial charge is 0.459 e. The van der Waals surface area contributed by atoms with E-state index in [-0.39, 0.29) is 0 Å². The van der Waals surface area contributed by atoms with Gasteiger partial charge in [0.15, 0.2) is 0 Å². The number of benzene rings is 1. The summed E-state index contributed by atoms with van der Waals surface area (Å²) in [6.45, 7) is 8.84. The van der Waals surface area contributed by atoms with Gasteiger partial charge in [0.2, 0.25) is 0 Å². The molecule has 1 aromatic carbocycles. The van der Waals surface area contributed by atoms with Crippen LogP contribution in [-0.2, 0) is 17.7 Å². The third-order valence-electron chi connectivity index (χ3n) is 4.06. The van der Waals surface area contributed by atoms with E-state index in [9.17, 15) is 0 Å². The van der Waals surface area contributed by atoms with E-state index >= 15 is 0 Å². The lowest BCUT2D eigenvalue weighted by Gasteiger charge is -2.25. The number of nitrogens with zero attached hydrogens (tertiary/aromatic N) is 1. The van der Waals surface area contributed by atoms with Gasteiger partial charge in [0.1, 0.15) is 11.3 Å². The van der Waals surface area contributed by atoms with Crippen LogP contribution in [0.25, 0.3) is 11.0 Å². The first-order valence-corrected chi connectivity index (χ1v) is 7.99. The molecule has 0 saturated carbocycles. The Labute approximate surface area is 128 Å². The molecule has 2 aromatic rings. The molecule has 1 aromatic heterocycles. The number of halogens is 1. The average Bonchev–Trinajstić information content (AvgIpc) is 2.75. The van der Waals surface area contributed by atoms with Crippen molar-refractivity contribution in [3.8, 4) is 0 Å². The standard InChI is InChI=1S/C16H20BrNO2/c1-3-12-8-13-11(2)16(20-15(13)9-14(12)17)10-18-4-6-19-7-5-18/h8-9H,3-7,10H2,1-2H3. The molecule has 0 atom stereocenters. The van der Waals surface area contributed by atoms with E-state index in [1.165, 1.54) is 16.5 Å². The Bertz CT molecular complexity index is 614. The predicted molar refractivity (Wildman–Crippen MR) is 84.1 cm³/mol. The Balaban J connectivity index is 1.93. The summed E-state index contributed by atoms with van der Waals surface area (Å²) in [4.78, 5) is 2.39. The number of fused-ring (bicyclic) bond motifs is 1. The van der Waals surface area contributed by atoms with Gasteiger partial charge in [-0.15, -0.1) is 0 Å². The molecule has 0 radical (unpaired) electrons. The van der Waals surface area contributed by atoms with Gasteiger partial charge < -0.3 is 9.15 Å². The lowest BCUT2D eigenvalue weighted by atomic mass is 10.1. The van der Waals surface area contributed by atoms with Crippen LogP contribution in [0.4, 0.5) is 0 Å². The molecule has 3 nitrogen and oxygen atoms in total. The highest BCUT2D eigenvalue weighted by Gasteiger charge is 2.17. The normalized spacial score (nSPS) is 16.9. The fraction of sp³-hybridized carbons (Fsp3) is 0.500. The van der Waals surface area contributed by atoms with Gasteiger partial charge in [0.25, 0.3) is 0 Å². The van der Waals surface area contributed by atoms with E-state index < -0.39 is 0 Å². The van der Waals surface area contributed by atoms with Gasteiger partial charge in [0.05, 0.1) is 19.8 Å². The summed E-state index contributed by atoms with van der Waals surface area (Å²) in [5.74, 6) is 1.09. The summed E-state index contributed by atoms with van der Waals surface area (Å²) in [6.07, 6.45) is 1.03. The van der Waals surface area contributed by atoms with Gasteiger partial charge in [-0.25, -0.2) is 0 Å². The Morgan fingerprint density at radius 3 is 2.70 bits per heavy atom. The third-order valence-corrected chi connectivity index (χ3v) is 4.79. The smallest absolute Gasteiger partial charge is 0.135 e. The average molecular weight is 338 g/mol. The van der Waals surface area contributed by atoms with E-state index in [1.54, 1.807) is 0 Å². The molecule has 0 unspecified atom stereocenters. The Kier molecular flexibility index (Phi) is 4.15. The summed E-state index contributed by atoms with van der Waals surface area (Å²) in [5, 5.41) is 1.24. The van der Waals surface area contributed by atoms with E-state index in [0.717, 1.165) is 55.1 Å². The number of aryl methyl sites for hydroxylation is 2. The van der Waals surface area contributed by atoms with E-state index in [2.05, 4.69) is 46.8 Å². The SMILES string of the molecule is CCc1cc2c(C)c(CN3CCOCC3)oc2cc1Br. The van der Waals surface area contributed by atoms with Crippen LogP contribution in [0, 0.1) is 6.92 Å². The van der Waals surface area contributed by atoms with Gasteiger partial charge in [-0.1, -0.05) is 22.9 Å². The van der Waals surface area contributed by atoms with Crippen LogP contribution in [0.3, 0.4) is 0 Å². The Hall–Kier alpha value is -0.840. The second-order valence-electron chi connectivity index (χ2n) is 5.33. The molecule has 3 rings (SSSR count). The van der Waals surface area contributed by atoms with Crippen LogP contribution >= 0.6 is 15.9 Å². The molecule has 0 amide bonds. The zero-order valence-corrected chi connectivity index (χ0v) is 13.6. The van der Waals surface area contributed by atoms with E-state index in [1.807, 2.05) is 0 Å². The maximum Gasteiger partial charge on any atom is 0.135 e. The molecule has 0 aliphatic carbocycles. The van der Waals surface area contributed by atoms with Crippen molar-refractivity contribution in [1.82, 2.24) is 4.90 Å². The van der Waals surface area contributed by atoms with E-state index in [4.69, 9.17) is 9.15 Å². The molecular formula is C16H20BrNO2. The lowest BCUT2D eigenvalue weighted by Crippen LogP contribution is -2.35. The zero-order chi connectivity index (χ0) is 14.1. The van der Waals surface area contributed by atoms with Crippen molar-refractivity contribution >= 4 is 26.9 Å². The fourth-order valence-corrected chi connectivity index (χ4v) is 3.32. The van der Waals surface area contributed by atoms with Crippen LogP contribution in [0.5, 0.6) is 0 Å².